The lowest BCUT2D eigenvalue weighted by Crippen LogP contribution is -2.04. The molecule has 0 aromatic heterocycles. The molecule has 3 nitrogen and oxygen atoms in total. The molecular weight excluding hydrogens is 212 g/mol. The highest BCUT2D eigenvalue weighted by Crippen LogP contribution is 2.06. The van der Waals surface area contributed by atoms with E-state index in [0.717, 1.165) is 5.69 Å². The zero-order valence-corrected chi connectivity index (χ0v) is 8.66. The lowest BCUT2D eigenvalue weighted by Gasteiger charge is -1.99. The molecule has 0 saturated carbocycles. The molecule has 0 aliphatic rings. The first-order chi connectivity index (χ1) is 7.27. The van der Waals surface area contributed by atoms with Gasteiger partial charge in [0.05, 0.1) is 5.88 Å². The Balaban J connectivity index is 2.72. The van der Waals surface area contributed by atoms with Crippen LogP contribution in [0.15, 0.2) is 42.1 Å². The normalized spacial score (nSPS) is 10.5. The molecule has 0 unspecified atom stereocenters. The summed E-state index contributed by atoms with van der Waals surface area (Å²) in [4.78, 5) is 11.1. The number of hydrogen-bond acceptors (Lipinski definition) is 3. The number of nitrogens with one attached hydrogen (secondary N) is 1. The van der Waals surface area contributed by atoms with E-state index < -0.39 is 0 Å². The number of carbonyl (C=O) groups excluding carboxylic acids is 1. The smallest absolute Gasteiger partial charge is 0.189 e. The van der Waals surface area contributed by atoms with Gasteiger partial charge in [0, 0.05) is 11.9 Å². The fourth-order valence-electron chi connectivity index (χ4n) is 0.937. The van der Waals surface area contributed by atoms with E-state index in [-0.39, 0.29) is 17.2 Å². The summed E-state index contributed by atoms with van der Waals surface area (Å²) in [6.07, 6.45) is 1.36. The molecule has 0 fully saturated rings. The second-order valence-electron chi connectivity index (χ2n) is 2.74. The number of benzene rings is 1. The van der Waals surface area contributed by atoms with E-state index in [9.17, 15) is 4.79 Å². The molecule has 1 aromatic carbocycles. The van der Waals surface area contributed by atoms with E-state index in [2.05, 4.69) is 5.32 Å². The predicted molar refractivity (Wildman–Crippen MR) is 59.5 cm³/mol. The minimum absolute atomic E-state index is 0.0221. The summed E-state index contributed by atoms with van der Waals surface area (Å²) < 4.78 is 0. The highest BCUT2D eigenvalue weighted by atomic mass is 35.5. The molecule has 0 radical (unpaired) electrons. The van der Waals surface area contributed by atoms with Crippen molar-refractivity contribution in [2.45, 2.75) is 0 Å². The monoisotopic (exact) mass is 220 g/mol. The molecular formula is C11H9ClN2O. The van der Waals surface area contributed by atoms with Crippen LogP contribution in [-0.2, 0) is 4.79 Å². The Morgan fingerprint density at radius 1 is 1.47 bits per heavy atom. The number of para-hydroxylation sites is 1. The summed E-state index contributed by atoms with van der Waals surface area (Å²) in [6, 6.07) is 11.0. The van der Waals surface area contributed by atoms with E-state index in [4.69, 9.17) is 16.9 Å². The van der Waals surface area contributed by atoms with Gasteiger partial charge in [0.1, 0.15) is 11.6 Å². The van der Waals surface area contributed by atoms with Crippen molar-refractivity contribution in [3.05, 3.63) is 42.1 Å². The Hall–Kier alpha value is -1.79. The second kappa shape index (κ2) is 5.84. The lowest BCUT2D eigenvalue weighted by molar-refractivity contribution is -0.113. The SMILES string of the molecule is N#C/C(=C\Nc1ccccc1)C(=O)CCl. The van der Waals surface area contributed by atoms with E-state index in [1.807, 2.05) is 30.3 Å². The quantitative estimate of drug-likeness (QED) is 0.481. The van der Waals surface area contributed by atoms with Crippen LogP contribution in [0.1, 0.15) is 0 Å². The predicted octanol–water partition coefficient (Wildman–Crippen LogP) is 2.31. The number of carbonyl (C=O) groups is 1. The number of alkyl halides is 1. The first-order valence-electron chi connectivity index (χ1n) is 4.29. The third-order valence-electron chi connectivity index (χ3n) is 1.70. The van der Waals surface area contributed by atoms with Gasteiger partial charge in [-0.15, -0.1) is 11.6 Å². The maximum absolute atomic E-state index is 11.1. The summed E-state index contributed by atoms with van der Waals surface area (Å²) in [7, 11) is 0. The Labute approximate surface area is 93.0 Å². The minimum Gasteiger partial charge on any atom is -0.360 e. The second-order valence-corrected chi connectivity index (χ2v) is 3.00. The molecule has 1 rings (SSSR count). The Bertz CT molecular complexity index is 406. The van der Waals surface area contributed by atoms with Crippen molar-refractivity contribution in [2.24, 2.45) is 0 Å². The fourth-order valence-corrected chi connectivity index (χ4v) is 1.08. The van der Waals surface area contributed by atoms with Crippen LogP contribution in [0, 0.1) is 11.3 Å². The van der Waals surface area contributed by atoms with Crippen LogP contribution in [0.3, 0.4) is 0 Å². The maximum atomic E-state index is 11.1. The molecule has 4 heteroatoms. The summed E-state index contributed by atoms with van der Waals surface area (Å²) in [5, 5.41) is 11.5. The first kappa shape index (κ1) is 11.3. The Morgan fingerprint density at radius 3 is 2.67 bits per heavy atom. The summed E-state index contributed by atoms with van der Waals surface area (Å²) in [5.74, 6) is -0.571. The highest BCUT2D eigenvalue weighted by molar-refractivity contribution is 6.31. The lowest BCUT2D eigenvalue weighted by atomic mass is 10.2. The molecule has 0 amide bonds. The van der Waals surface area contributed by atoms with Gasteiger partial charge >= 0.3 is 0 Å². The van der Waals surface area contributed by atoms with Crippen LogP contribution in [-0.4, -0.2) is 11.7 Å². The van der Waals surface area contributed by atoms with Gasteiger partial charge in [0.25, 0.3) is 0 Å². The van der Waals surface area contributed by atoms with E-state index in [1.54, 1.807) is 6.07 Å². The van der Waals surface area contributed by atoms with Crippen molar-refractivity contribution in [3.63, 3.8) is 0 Å². The highest BCUT2D eigenvalue weighted by Gasteiger charge is 2.05. The number of halogens is 1. The van der Waals surface area contributed by atoms with Gasteiger partial charge in [-0.3, -0.25) is 4.79 Å². The molecule has 0 spiro atoms. The number of allylic oxidation sites excluding steroid dienone is 1. The number of rotatable bonds is 4. The first-order valence-corrected chi connectivity index (χ1v) is 4.82. The van der Waals surface area contributed by atoms with Gasteiger partial charge in [-0.2, -0.15) is 5.26 Å². The van der Waals surface area contributed by atoms with Crippen LogP contribution < -0.4 is 5.32 Å². The number of anilines is 1. The van der Waals surface area contributed by atoms with Gasteiger partial charge in [0.2, 0.25) is 0 Å². The number of ketones is 1. The number of nitrogens with zero attached hydrogens (tertiary/aromatic N) is 1. The van der Waals surface area contributed by atoms with Crippen molar-refractivity contribution in [2.75, 3.05) is 11.2 Å². The molecule has 0 aliphatic carbocycles. The third-order valence-corrected chi connectivity index (χ3v) is 1.94. The van der Waals surface area contributed by atoms with Gasteiger partial charge in [-0.25, -0.2) is 0 Å². The van der Waals surface area contributed by atoms with Crippen molar-refractivity contribution in [3.8, 4) is 6.07 Å². The van der Waals surface area contributed by atoms with Crippen molar-refractivity contribution >= 4 is 23.1 Å². The topological polar surface area (TPSA) is 52.9 Å². The molecule has 0 atom stereocenters. The summed E-state index contributed by atoms with van der Waals surface area (Å²) in [5.41, 5.74) is 0.835. The molecule has 0 bridgehead atoms. The Morgan fingerprint density at radius 2 is 2.13 bits per heavy atom. The third kappa shape index (κ3) is 3.45. The molecule has 1 N–H and O–H groups in total. The van der Waals surface area contributed by atoms with Gasteiger partial charge in [0.15, 0.2) is 5.78 Å². The number of nitriles is 1. The zero-order chi connectivity index (χ0) is 11.1. The fraction of sp³-hybridized carbons (Fsp3) is 0.0909. The largest absolute Gasteiger partial charge is 0.360 e. The van der Waals surface area contributed by atoms with Crippen LogP contribution in [0.25, 0.3) is 0 Å². The van der Waals surface area contributed by atoms with Crippen LogP contribution in [0.5, 0.6) is 0 Å². The van der Waals surface area contributed by atoms with Crippen molar-refractivity contribution < 1.29 is 4.79 Å². The van der Waals surface area contributed by atoms with Gasteiger partial charge in [-0.1, -0.05) is 18.2 Å². The Kier molecular flexibility index (Phi) is 4.39. The van der Waals surface area contributed by atoms with Crippen molar-refractivity contribution in [1.29, 1.82) is 5.26 Å². The van der Waals surface area contributed by atoms with Gasteiger partial charge < -0.3 is 5.32 Å². The minimum atomic E-state index is -0.386. The summed E-state index contributed by atoms with van der Waals surface area (Å²) >= 11 is 5.34. The zero-order valence-electron chi connectivity index (χ0n) is 7.90. The maximum Gasteiger partial charge on any atom is 0.189 e. The summed E-state index contributed by atoms with van der Waals surface area (Å²) in [6.45, 7) is 0. The average molecular weight is 221 g/mol. The molecule has 1 aromatic rings. The van der Waals surface area contributed by atoms with E-state index >= 15 is 0 Å². The van der Waals surface area contributed by atoms with E-state index in [0.29, 0.717) is 0 Å². The standard InChI is InChI=1S/C11H9ClN2O/c12-6-11(15)9(7-13)8-14-10-4-2-1-3-5-10/h1-5,8,14H,6H2/b9-8+. The van der Waals surface area contributed by atoms with Crippen LogP contribution in [0.2, 0.25) is 0 Å². The van der Waals surface area contributed by atoms with Crippen molar-refractivity contribution in [1.82, 2.24) is 0 Å². The molecule has 0 saturated heterocycles. The van der Waals surface area contributed by atoms with Crippen LogP contribution in [0.4, 0.5) is 5.69 Å². The van der Waals surface area contributed by atoms with Gasteiger partial charge in [-0.05, 0) is 12.1 Å². The molecule has 0 aliphatic heterocycles. The molecule has 76 valence electrons. The molecule has 0 heterocycles. The number of hydrogen-bond donors (Lipinski definition) is 1. The molecule has 15 heavy (non-hydrogen) atoms. The van der Waals surface area contributed by atoms with Crippen LogP contribution >= 0.6 is 11.6 Å². The number of Topliss-reactive ketones (excluding diaryl/α,β-unsaturated/α-hetero) is 1. The van der Waals surface area contributed by atoms with E-state index in [1.165, 1.54) is 6.20 Å². The average Bonchev–Trinajstić information content (AvgIpc) is 2.31.